The van der Waals surface area contributed by atoms with Crippen LogP contribution in [0.4, 0.5) is 18.0 Å². The van der Waals surface area contributed by atoms with E-state index in [1.54, 1.807) is 18.7 Å². The fourth-order valence-electron chi connectivity index (χ4n) is 3.37. The second-order valence-electron chi connectivity index (χ2n) is 7.36. The van der Waals surface area contributed by atoms with Crippen molar-refractivity contribution in [3.8, 4) is 12.3 Å². The van der Waals surface area contributed by atoms with Crippen molar-refractivity contribution in [2.45, 2.75) is 38.0 Å². The minimum absolute atomic E-state index is 0.345. The van der Waals surface area contributed by atoms with Gasteiger partial charge in [0.05, 0.1) is 17.1 Å². The summed E-state index contributed by atoms with van der Waals surface area (Å²) in [5.41, 5.74) is 1.05. The van der Waals surface area contributed by atoms with Gasteiger partial charge in [-0.25, -0.2) is 4.79 Å². The minimum atomic E-state index is -4.41. The normalized spacial score (nSPS) is 16.9. The van der Waals surface area contributed by atoms with Gasteiger partial charge in [-0.2, -0.15) is 13.2 Å². The molecule has 3 nitrogen and oxygen atoms in total. The second-order valence-corrected chi connectivity index (χ2v) is 7.36. The Balaban J connectivity index is 2.01. The van der Waals surface area contributed by atoms with Crippen molar-refractivity contribution < 1.29 is 18.0 Å². The molecular weight excluding hydrogens is 365 g/mol. The number of nitrogens with zero attached hydrogens (tertiary/aromatic N) is 1. The van der Waals surface area contributed by atoms with Crippen molar-refractivity contribution in [1.82, 2.24) is 10.2 Å². The molecule has 3 rings (SSSR count). The zero-order valence-corrected chi connectivity index (χ0v) is 15.7. The Hall–Kier alpha value is -2.94. The predicted octanol–water partition coefficient (Wildman–Crippen LogP) is 4.77. The highest BCUT2D eigenvalue weighted by Crippen LogP contribution is 2.37. The molecule has 1 aliphatic rings. The van der Waals surface area contributed by atoms with Crippen molar-refractivity contribution in [2.75, 3.05) is 6.54 Å². The average molecular weight is 386 g/mol. The number of hydrogen-bond donors (Lipinski definition) is 1. The van der Waals surface area contributed by atoms with Crippen LogP contribution in [0.2, 0.25) is 0 Å². The summed E-state index contributed by atoms with van der Waals surface area (Å²) < 4.78 is 38.8. The Bertz CT molecular complexity index is 911. The maximum absolute atomic E-state index is 12.9. The molecule has 0 spiro atoms. The van der Waals surface area contributed by atoms with Crippen LogP contribution in [0.5, 0.6) is 0 Å². The molecule has 0 aromatic heterocycles. The van der Waals surface area contributed by atoms with Crippen LogP contribution >= 0.6 is 0 Å². The number of carbonyl (C=O) groups is 1. The summed E-state index contributed by atoms with van der Waals surface area (Å²) in [7, 11) is 0. The monoisotopic (exact) mass is 386 g/mol. The lowest BCUT2D eigenvalue weighted by Crippen LogP contribution is -2.52. The number of alkyl halides is 3. The molecule has 0 bridgehead atoms. The molecule has 1 aliphatic heterocycles. The lowest BCUT2D eigenvalue weighted by Gasteiger charge is -2.39. The largest absolute Gasteiger partial charge is 0.416 e. The highest BCUT2D eigenvalue weighted by Gasteiger charge is 2.35. The van der Waals surface area contributed by atoms with Gasteiger partial charge >= 0.3 is 12.2 Å². The van der Waals surface area contributed by atoms with Crippen molar-refractivity contribution in [1.29, 1.82) is 0 Å². The summed E-state index contributed by atoms with van der Waals surface area (Å²) in [6.07, 6.45) is 1.73. The Kier molecular flexibility index (Phi) is 5.12. The van der Waals surface area contributed by atoms with Gasteiger partial charge in [0.1, 0.15) is 0 Å². The van der Waals surface area contributed by atoms with E-state index in [0.29, 0.717) is 18.5 Å². The number of terminal acetylenes is 1. The van der Waals surface area contributed by atoms with Gasteiger partial charge in [0.15, 0.2) is 0 Å². The molecule has 2 amide bonds. The molecule has 6 heteroatoms. The van der Waals surface area contributed by atoms with E-state index in [2.05, 4.69) is 11.2 Å². The molecular formula is C22H21F3N2O. The first kappa shape index (κ1) is 19.8. The maximum atomic E-state index is 12.9. The average Bonchev–Trinajstić information content (AvgIpc) is 2.66. The highest BCUT2D eigenvalue weighted by molar-refractivity contribution is 5.77. The van der Waals surface area contributed by atoms with Crippen LogP contribution in [0, 0.1) is 12.3 Å². The van der Waals surface area contributed by atoms with Crippen LogP contribution in [0.1, 0.15) is 42.1 Å². The topological polar surface area (TPSA) is 32.3 Å². The first-order valence-electron chi connectivity index (χ1n) is 8.94. The number of urea groups is 1. The van der Waals surface area contributed by atoms with Crippen LogP contribution in [-0.4, -0.2) is 23.0 Å². The molecule has 0 radical (unpaired) electrons. The number of hydrogen-bond acceptors (Lipinski definition) is 1. The Labute approximate surface area is 162 Å². The van der Waals surface area contributed by atoms with Crippen molar-refractivity contribution in [3.05, 3.63) is 70.8 Å². The van der Waals surface area contributed by atoms with Gasteiger partial charge in [-0.1, -0.05) is 42.3 Å². The van der Waals surface area contributed by atoms with Crippen LogP contribution in [0.25, 0.3) is 0 Å². The van der Waals surface area contributed by atoms with Gasteiger partial charge in [-0.05, 0) is 49.1 Å². The molecule has 1 atom stereocenters. The molecule has 0 saturated heterocycles. The van der Waals surface area contributed by atoms with Gasteiger partial charge in [-0.3, -0.25) is 0 Å². The number of amides is 2. The summed E-state index contributed by atoms with van der Waals surface area (Å²) in [5.74, 6) is 2.53. The SMILES string of the molecule is C#CC(C)(C)NC(=O)N1CCc2ccccc2[C@H]1c1ccc(C(F)(F)F)cc1. The summed E-state index contributed by atoms with van der Waals surface area (Å²) in [5, 5.41) is 2.81. The fourth-order valence-corrected chi connectivity index (χ4v) is 3.37. The zero-order chi connectivity index (χ0) is 20.5. The molecule has 0 fully saturated rings. The van der Waals surface area contributed by atoms with Gasteiger partial charge in [0, 0.05) is 6.54 Å². The van der Waals surface area contributed by atoms with Crippen molar-refractivity contribution in [2.24, 2.45) is 0 Å². The zero-order valence-electron chi connectivity index (χ0n) is 15.7. The number of nitrogens with one attached hydrogen (secondary N) is 1. The van der Waals surface area contributed by atoms with Crippen LogP contribution < -0.4 is 5.32 Å². The lowest BCUT2D eigenvalue weighted by molar-refractivity contribution is -0.137. The van der Waals surface area contributed by atoms with Gasteiger partial charge in [-0.15, -0.1) is 6.42 Å². The summed E-state index contributed by atoms with van der Waals surface area (Å²) >= 11 is 0. The number of carbonyl (C=O) groups excluding carboxylic acids is 1. The molecule has 146 valence electrons. The standard InChI is InChI=1S/C22H21F3N2O/c1-4-21(2,3)26-20(28)27-14-13-15-7-5-6-8-18(15)19(27)16-9-11-17(12-10-16)22(23,24)25/h1,5-12,19H,13-14H2,2-3H3,(H,26,28)/t19-/m1/s1. The first-order valence-corrected chi connectivity index (χ1v) is 8.94. The minimum Gasteiger partial charge on any atom is -0.322 e. The molecule has 28 heavy (non-hydrogen) atoms. The van der Waals surface area contributed by atoms with Crippen molar-refractivity contribution >= 4 is 6.03 Å². The van der Waals surface area contributed by atoms with Gasteiger partial charge in [0.2, 0.25) is 0 Å². The molecule has 2 aromatic rings. The number of halogens is 3. The number of benzene rings is 2. The van der Waals surface area contributed by atoms with E-state index in [0.717, 1.165) is 23.3 Å². The van der Waals surface area contributed by atoms with Crippen LogP contribution in [0.15, 0.2) is 48.5 Å². The van der Waals surface area contributed by atoms with E-state index in [9.17, 15) is 18.0 Å². The van der Waals surface area contributed by atoms with E-state index < -0.39 is 23.3 Å². The molecule has 1 heterocycles. The maximum Gasteiger partial charge on any atom is 0.416 e. The third-order valence-corrected chi connectivity index (χ3v) is 4.88. The summed E-state index contributed by atoms with van der Waals surface area (Å²) in [4.78, 5) is 14.6. The van der Waals surface area contributed by atoms with E-state index in [-0.39, 0.29) is 6.03 Å². The van der Waals surface area contributed by atoms with E-state index >= 15 is 0 Å². The fraction of sp³-hybridized carbons (Fsp3) is 0.318. The lowest BCUT2D eigenvalue weighted by atomic mass is 9.88. The smallest absolute Gasteiger partial charge is 0.322 e. The number of fused-ring (bicyclic) bond motifs is 1. The van der Waals surface area contributed by atoms with Crippen molar-refractivity contribution in [3.63, 3.8) is 0 Å². The third-order valence-electron chi connectivity index (χ3n) is 4.88. The highest BCUT2D eigenvalue weighted by atomic mass is 19.4. The molecule has 1 N–H and O–H groups in total. The molecule has 0 aliphatic carbocycles. The van der Waals surface area contributed by atoms with Gasteiger partial charge < -0.3 is 10.2 Å². The Morgan fingerprint density at radius 2 is 1.79 bits per heavy atom. The molecule has 0 saturated carbocycles. The van der Waals surface area contributed by atoms with E-state index in [1.807, 2.05) is 24.3 Å². The first-order chi connectivity index (χ1) is 13.1. The Morgan fingerprint density at radius 1 is 1.14 bits per heavy atom. The van der Waals surface area contributed by atoms with Crippen LogP contribution in [0.3, 0.4) is 0 Å². The van der Waals surface area contributed by atoms with E-state index in [4.69, 9.17) is 6.42 Å². The third kappa shape index (κ3) is 3.99. The predicted molar refractivity (Wildman–Crippen MR) is 102 cm³/mol. The van der Waals surface area contributed by atoms with Crippen LogP contribution in [-0.2, 0) is 12.6 Å². The second kappa shape index (κ2) is 7.23. The molecule has 0 unspecified atom stereocenters. The summed E-state index contributed by atoms with van der Waals surface area (Å²) in [6.45, 7) is 3.88. The van der Waals surface area contributed by atoms with Gasteiger partial charge in [0.25, 0.3) is 0 Å². The molecule has 2 aromatic carbocycles. The quantitative estimate of drug-likeness (QED) is 0.741. The van der Waals surface area contributed by atoms with E-state index in [1.165, 1.54) is 12.1 Å². The number of rotatable bonds is 2. The summed E-state index contributed by atoms with van der Waals surface area (Å²) in [6, 6.07) is 11.8. The Morgan fingerprint density at radius 3 is 2.39 bits per heavy atom.